The van der Waals surface area contributed by atoms with E-state index in [9.17, 15) is 4.79 Å². The number of thioether (sulfide) groups is 1. The molecule has 0 unspecified atom stereocenters. The van der Waals surface area contributed by atoms with E-state index in [0.717, 1.165) is 42.6 Å². The van der Waals surface area contributed by atoms with Crippen LogP contribution in [0.25, 0.3) is 5.69 Å². The van der Waals surface area contributed by atoms with Crippen LogP contribution in [-0.4, -0.2) is 44.4 Å². The van der Waals surface area contributed by atoms with Crippen molar-refractivity contribution in [3.8, 4) is 5.69 Å². The van der Waals surface area contributed by atoms with Crippen LogP contribution in [0.5, 0.6) is 0 Å². The second-order valence-corrected chi connectivity index (χ2v) is 8.51. The van der Waals surface area contributed by atoms with Crippen LogP contribution < -0.4 is 0 Å². The van der Waals surface area contributed by atoms with Gasteiger partial charge in [0.15, 0.2) is 5.16 Å². The number of rotatable bonds is 6. The Bertz CT molecular complexity index is 993. The molecule has 0 N–H and O–H groups in total. The second kappa shape index (κ2) is 8.82. The molecule has 2 heterocycles. The van der Waals surface area contributed by atoms with E-state index < -0.39 is 0 Å². The topological polar surface area (TPSA) is 51.0 Å². The molecule has 1 aliphatic rings. The first-order valence-electron chi connectivity index (χ1n) is 10.1. The first-order chi connectivity index (χ1) is 14.1. The Hall–Kier alpha value is -2.60. The molecule has 0 atom stereocenters. The number of aryl methyl sites for hydroxylation is 2. The van der Waals surface area contributed by atoms with Gasteiger partial charge in [-0.3, -0.25) is 9.36 Å². The lowest BCUT2D eigenvalue weighted by Gasteiger charge is -2.16. The minimum atomic E-state index is 0.187. The van der Waals surface area contributed by atoms with Gasteiger partial charge in [-0.2, -0.15) is 0 Å². The van der Waals surface area contributed by atoms with E-state index in [4.69, 9.17) is 0 Å². The van der Waals surface area contributed by atoms with E-state index in [1.165, 1.54) is 28.5 Å². The highest BCUT2D eigenvalue weighted by Crippen LogP contribution is 2.26. The van der Waals surface area contributed by atoms with Gasteiger partial charge in [0.1, 0.15) is 5.82 Å². The number of aromatic nitrogens is 3. The number of carbonyl (C=O) groups excluding carboxylic acids is 1. The van der Waals surface area contributed by atoms with Crippen LogP contribution in [0.1, 0.15) is 35.4 Å². The minimum absolute atomic E-state index is 0.187. The van der Waals surface area contributed by atoms with Crippen molar-refractivity contribution < 1.29 is 4.79 Å². The molecule has 3 aromatic rings. The largest absolute Gasteiger partial charge is 0.342 e. The van der Waals surface area contributed by atoms with Gasteiger partial charge >= 0.3 is 0 Å². The number of likely N-dealkylation sites (tertiary alicyclic amines) is 1. The third kappa shape index (κ3) is 4.53. The number of carbonyl (C=O) groups is 1. The van der Waals surface area contributed by atoms with Gasteiger partial charge in [-0.05, 0) is 43.9 Å². The van der Waals surface area contributed by atoms with Crippen molar-refractivity contribution in [1.29, 1.82) is 0 Å². The highest BCUT2D eigenvalue weighted by atomic mass is 32.2. The van der Waals surface area contributed by atoms with Crippen molar-refractivity contribution >= 4 is 17.7 Å². The molecule has 0 bridgehead atoms. The van der Waals surface area contributed by atoms with Crippen LogP contribution in [0.3, 0.4) is 0 Å². The summed E-state index contributed by atoms with van der Waals surface area (Å²) in [6.45, 7) is 5.96. The average molecular weight is 407 g/mol. The molecule has 0 aliphatic carbocycles. The maximum atomic E-state index is 12.5. The Morgan fingerprint density at radius 2 is 1.79 bits per heavy atom. The van der Waals surface area contributed by atoms with Crippen molar-refractivity contribution in [3.05, 3.63) is 71.0 Å². The fraction of sp³-hybridized carbons (Fsp3) is 0.348. The monoisotopic (exact) mass is 406 g/mol. The summed E-state index contributed by atoms with van der Waals surface area (Å²) < 4.78 is 2.11. The first-order valence-corrected chi connectivity index (χ1v) is 11.1. The summed E-state index contributed by atoms with van der Waals surface area (Å²) in [5.41, 5.74) is 4.66. The molecule has 29 heavy (non-hydrogen) atoms. The lowest BCUT2D eigenvalue weighted by atomic mass is 10.1. The molecule has 1 aromatic heterocycles. The number of benzene rings is 2. The summed E-state index contributed by atoms with van der Waals surface area (Å²) in [4.78, 5) is 14.5. The van der Waals surface area contributed by atoms with Crippen molar-refractivity contribution in [2.75, 3.05) is 18.8 Å². The molecule has 1 fully saturated rings. The molecule has 6 heteroatoms. The zero-order chi connectivity index (χ0) is 20.2. The highest BCUT2D eigenvalue weighted by molar-refractivity contribution is 7.99. The molecule has 150 valence electrons. The van der Waals surface area contributed by atoms with Crippen molar-refractivity contribution in [1.82, 2.24) is 19.7 Å². The van der Waals surface area contributed by atoms with Gasteiger partial charge in [-0.15, -0.1) is 10.2 Å². The molecule has 0 saturated carbocycles. The lowest BCUT2D eigenvalue weighted by molar-refractivity contribution is -0.127. The summed E-state index contributed by atoms with van der Waals surface area (Å²) in [7, 11) is 0. The zero-order valence-electron chi connectivity index (χ0n) is 17.0. The summed E-state index contributed by atoms with van der Waals surface area (Å²) in [5.74, 6) is 1.47. The molecule has 2 aromatic carbocycles. The number of hydrogen-bond acceptors (Lipinski definition) is 4. The second-order valence-electron chi connectivity index (χ2n) is 7.56. The maximum absolute atomic E-state index is 12.5. The van der Waals surface area contributed by atoms with Gasteiger partial charge in [0.05, 0.1) is 11.4 Å². The van der Waals surface area contributed by atoms with Crippen LogP contribution in [-0.2, 0) is 11.2 Å². The van der Waals surface area contributed by atoms with Gasteiger partial charge in [0, 0.05) is 19.5 Å². The van der Waals surface area contributed by atoms with E-state index in [1.807, 2.05) is 23.1 Å². The fourth-order valence-corrected chi connectivity index (χ4v) is 4.64. The van der Waals surface area contributed by atoms with Crippen LogP contribution >= 0.6 is 11.8 Å². The summed E-state index contributed by atoms with van der Waals surface area (Å²) in [6, 6.07) is 16.7. The Morgan fingerprint density at radius 1 is 1.03 bits per heavy atom. The van der Waals surface area contributed by atoms with E-state index in [2.05, 4.69) is 58.9 Å². The molecule has 0 spiro atoms. The number of amides is 1. The molecule has 0 radical (unpaired) electrons. The smallest absolute Gasteiger partial charge is 0.233 e. The van der Waals surface area contributed by atoms with Gasteiger partial charge < -0.3 is 4.90 Å². The van der Waals surface area contributed by atoms with Crippen molar-refractivity contribution in [2.24, 2.45) is 0 Å². The summed E-state index contributed by atoms with van der Waals surface area (Å²) in [6.07, 6.45) is 2.91. The predicted molar refractivity (Wildman–Crippen MR) is 117 cm³/mol. The van der Waals surface area contributed by atoms with Gasteiger partial charge in [-0.25, -0.2) is 0 Å². The van der Waals surface area contributed by atoms with Crippen molar-refractivity contribution in [3.63, 3.8) is 0 Å². The van der Waals surface area contributed by atoms with Gasteiger partial charge in [-0.1, -0.05) is 59.8 Å². The van der Waals surface area contributed by atoms with E-state index in [-0.39, 0.29) is 5.91 Å². The molecule has 1 amide bonds. The minimum Gasteiger partial charge on any atom is -0.342 e. The van der Waals surface area contributed by atoms with Gasteiger partial charge in [0.25, 0.3) is 0 Å². The third-order valence-electron chi connectivity index (χ3n) is 5.28. The number of hydrogen-bond donors (Lipinski definition) is 0. The van der Waals surface area contributed by atoms with Crippen LogP contribution in [0.2, 0.25) is 0 Å². The van der Waals surface area contributed by atoms with E-state index in [1.54, 1.807) is 0 Å². The molecule has 5 nitrogen and oxygen atoms in total. The first kappa shape index (κ1) is 19.7. The van der Waals surface area contributed by atoms with Crippen LogP contribution in [0.4, 0.5) is 0 Å². The summed E-state index contributed by atoms with van der Waals surface area (Å²) >= 11 is 1.48. The average Bonchev–Trinajstić information content (AvgIpc) is 3.38. The maximum Gasteiger partial charge on any atom is 0.233 e. The predicted octanol–water partition coefficient (Wildman–Crippen LogP) is 4.19. The van der Waals surface area contributed by atoms with E-state index >= 15 is 0 Å². The van der Waals surface area contributed by atoms with E-state index in [0.29, 0.717) is 12.2 Å². The molecular formula is C23H26N4OS. The quantitative estimate of drug-likeness (QED) is 0.576. The third-order valence-corrected chi connectivity index (χ3v) is 6.20. The standard InChI is InChI=1S/C23H26N4OS/c1-17-10-11-20(18(2)14-17)27-21(15-19-8-4-3-5-9-19)24-25-23(27)29-16-22(28)26-12-6-7-13-26/h3-5,8-11,14H,6-7,12-13,15-16H2,1-2H3. The normalized spacial score (nSPS) is 13.8. The molecule has 1 aliphatic heterocycles. The molecule has 4 rings (SSSR count). The zero-order valence-corrected chi connectivity index (χ0v) is 17.8. The Kier molecular flexibility index (Phi) is 6.00. The molecule has 1 saturated heterocycles. The van der Waals surface area contributed by atoms with Crippen molar-refractivity contribution in [2.45, 2.75) is 38.3 Å². The van der Waals surface area contributed by atoms with Crippen LogP contribution in [0, 0.1) is 13.8 Å². The highest BCUT2D eigenvalue weighted by Gasteiger charge is 2.21. The Morgan fingerprint density at radius 3 is 2.52 bits per heavy atom. The van der Waals surface area contributed by atoms with Gasteiger partial charge in [0.2, 0.25) is 5.91 Å². The fourth-order valence-electron chi connectivity index (χ4n) is 3.77. The summed E-state index contributed by atoms with van der Waals surface area (Å²) in [5, 5.41) is 9.72. The molecular weight excluding hydrogens is 380 g/mol. The van der Waals surface area contributed by atoms with Crippen LogP contribution in [0.15, 0.2) is 53.7 Å². The SMILES string of the molecule is Cc1ccc(-n2c(Cc3ccccc3)nnc2SCC(=O)N2CCCC2)c(C)c1. The lowest BCUT2D eigenvalue weighted by Crippen LogP contribution is -2.29. The Balaban J connectivity index is 1.64. The Labute approximate surface area is 176 Å². The number of nitrogens with zero attached hydrogens (tertiary/aromatic N) is 4.